The Morgan fingerprint density at radius 1 is 1.05 bits per heavy atom. The molecular weight excluding hydrogens is 248 g/mol. The van der Waals surface area contributed by atoms with Crippen LogP contribution in [0.15, 0.2) is 42.5 Å². The summed E-state index contributed by atoms with van der Waals surface area (Å²) in [6.07, 6.45) is 0. The molecule has 2 aromatic carbocycles. The van der Waals surface area contributed by atoms with Gasteiger partial charge in [-0.05, 0) is 43.2 Å². The van der Waals surface area contributed by atoms with Gasteiger partial charge in [0.05, 0.1) is 0 Å². The van der Waals surface area contributed by atoms with Crippen molar-refractivity contribution in [2.45, 2.75) is 20.5 Å². The Bertz CT molecular complexity index is 631. The molecule has 1 N–H and O–H groups in total. The van der Waals surface area contributed by atoms with Gasteiger partial charge in [0.1, 0.15) is 19.0 Å². The van der Waals surface area contributed by atoms with E-state index >= 15 is 0 Å². The third-order valence-corrected chi connectivity index (χ3v) is 3.03. The van der Waals surface area contributed by atoms with Crippen molar-refractivity contribution >= 4 is 0 Å². The minimum Gasteiger partial charge on any atom is -0.489 e. The van der Waals surface area contributed by atoms with Crippen molar-refractivity contribution in [1.82, 2.24) is 0 Å². The molecule has 0 spiro atoms. The first-order valence-electron chi connectivity index (χ1n) is 6.58. The molecule has 0 amide bonds. The summed E-state index contributed by atoms with van der Waals surface area (Å²) >= 11 is 0. The number of ether oxygens (including phenoxy) is 1. The van der Waals surface area contributed by atoms with Gasteiger partial charge in [0, 0.05) is 5.56 Å². The lowest BCUT2D eigenvalue weighted by atomic mass is 10.1. The van der Waals surface area contributed by atoms with E-state index < -0.39 is 0 Å². The zero-order valence-electron chi connectivity index (χ0n) is 11.8. The second-order valence-electron chi connectivity index (χ2n) is 4.71. The number of rotatable bonds is 3. The molecule has 0 fully saturated rings. The lowest BCUT2D eigenvalue weighted by molar-refractivity contribution is 0.306. The average Bonchev–Trinajstić information content (AvgIpc) is 2.46. The fourth-order valence-corrected chi connectivity index (χ4v) is 1.85. The van der Waals surface area contributed by atoms with Crippen LogP contribution in [0.1, 0.15) is 22.3 Å². The zero-order valence-corrected chi connectivity index (χ0v) is 11.8. The predicted molar refractivity (Wildman–Crippen MR) is 80.7 cm³/mol. The van der Waals surface area contributed by atoms with E-state index in [-0.39, 0.29) is 6.61 Å². The molecule has 0 heterocycles. The maximum Gasteiger partial charge on any atom is 0.120 e. The summed E-state index contributed by atoms with van der Waals surface area (Å²) in [4.78, 5) is 0. The highest BCUT2D eigenvalue weighted by atomic mass is 16.5. The molecule has 0 aromatic heterocycles. The molecule has 20 heavy (non-hydrogen) atoms. The van der Waals surface area contributed by atoms with Gasteiger partial charge in [0.25, 0.3) is 0 Å². The Labute approximate surface area is 120 Å². The molecule has 0 atom stereocenters. The van der Waals surface area contributed by atoms with Gasteiger partial charge in [0.2, 0.25) is 0 Å². The van der Waals surface area contributed by atoms with Crippen molar-refractivity contribution in [2.75, 3.05) is 6.61 Å². The molecule has 0 saturated carbocycles. The van der Waals surface area contributed by atoms with E-state index in [4.69, 9.17) is 9.84 Å². The van der Waals surface area contributed by atoms with E-state index in [1.54, 1.807) is 0 Å². The van der Waals surface area contributed by atoms with Crippen molar-refractivity contribution in [3.05, 3.63) is 64.7 Å². The van der Waals surface area contributed by atoms with Crippen LogP contribution in [0.5, 0.6) is 5.75 Å². The molecule has 2 aromatic rings. The van der Waals surface area contributed by atoms with Gasteiger partial charge in [-0.1, -0.05) is 41.7 Å². The van der Waals surface area contributed by atoms with Crippen LogP contribution in [-0.4, -0.2) is 11.7 Å². The molecule has 2 heteroatoms. The average molecular weight is 266 g/mol. The first kappa shape index (κ1) is 14.2. The first-order valence-corrected chi connectivity index (χ1v) is 6.58. The lowest BCUT2D eigenvalue weighted by Crippen LogP contribution is -1.96. The second-order valence-corrected chi connectivity index (χ2v) is 4.71. The minimum absolute atomic E-state index is 0.120. The summed E-state index contributed by atoms with van der Waals surface area (Å²) < 4.78 is 5.77. The molecule has 102 valence electrons. The molecule has 0 radical (unpaired) electrons. The van der Waals surface area contributed by atoms with Crippen molar-refractivity contribution in [3.8, 4) is 17.6 Å². The van der Waals surface area contributed by atoms with Gasteiger partial charge in [-0.2, -0.15) is 0 Å². The van der Waals surface area contributed by atoms with E-state index in [2.05, 4.69) is 43.0 Å². The second kappa shape index (κ2) is 6.79. The number of hydrogen-bond donors (Lipinski definition) is 1. The maximum atomic E-state index is 8.70. The van der Waals surface area contributed by atoms with Crippen molar-refractivity contribution in [1.29, 1.82) is 0 Å². The first-order chi connectivity index (χ1) is 9.69. The van der Waals surface area contributed by atoms with Gasteiger partial charge in [-0.3, -0.25) is 0 Å². The normalized spacial score (nSPS) is 9.75. The number of aliphatic hydroxyl groups excluding tert-OH is 1. The van der Waals surface area contributed by atoms with Gasteiger partial charge in [-0.25, -0.2) is 0 Å². The third-order valence-electron chi connectivity index (χ3n) is 3.03. The number of aryl methyl sites for hydroxylation is 2. The Morgan fingerprint density at radius 2 is 1.80 bits per heavy atom. The smallest absolute Gasteiger partial charge is 0.120 e. The molecule has 0 unspecified atom stereocenters. The SMILES string of the molecule is Cc1ccc(COc2ccc(C#CCO)c(C)c2)cc1. The molecule has 0 saturated heterocycles. The topological polar surface area (TPSA) is 29.5 Å². The number of aliphatic hydroxyl groups is 1. The van der Waals surface area contributed by atoms with Gasteiger partial charge in [0.15, 0.2) is 0 Å². The van der Waals surface area contributed by atoms with Crippen LogP contribution >= 0.6 is 0 Å². The number of hydrogen-bond acceptors (Lipinski definition) is 2. The largest absolute Gasteiger partial charge is 0.489 e. The summed E-state index contributed by atoms with van der Waals surface area (Å²) in [5, 5.41) is 8.70. The fourth-order valence-electron chi connectivity index (χ4n) is 1.85. The minimum atomic E-state index is -0.120. The zero-order chi connectivity index (χ0) is 14.4. The Hall–Kier alpha value is -2.24. The summed E-state index contributed by atoms with van der Waals surface area (Å²) in [7, 11) is 0. The van der Waals surface area contributed by atoms with Crippen LogP contribution in [0.2, 0.25) is 0 Å². The summed E-state index contributed by atoms with van der Waals surface area (Å²) in [6.45, 7) is 4.49. The van der Waals surface area contributed by atoms with Crippen LogP contribution in [0.4, 0.5) is 0 Å². The molecular formula is C18H18O2. The van der Waals surface area contributed by atoms with Gasteiger partial charge in [-0.15, -0.1) is 0 Å². The number of benzene rings is 2. The summed E-state index contributed by atoms with van der Waals surface area (Å²) in [5.41, 5.74) is 4.36. The summed E-state index contributed by atoms with van der Waals surface area (Å²) in [6, 6.07) is 14.1. The van der Waals surface area contributed by atoms with Crippen molar-refractivity contribution < 1.29 is 9.84 Å². The van der Waals surface area contributed by atoms with Crippen molar-refractivity contribution in [2.24, 2.45) is 0 Å². The lowest BCUT2D eigenvalue weighted by Gasteiger charge is -2.08. The van der Waals surface area contributed by atoms with Crippen LogP contribution in [0.25, 0.3) is 0 Å². The van der Waals surface area contributed by atoms with Crippen molar-refractivity contribution in [3.63, 3.8) is 0 Å². The molecule has 2 nitrogen and oxygen atoms in total. The highest BCUT2D eigenvalue weighted by Gasteiger charge is 2.00. The van der Waals surface area contributed by atoms with Gasteiger partial charge >= 0.3 is 0 Å². The summed E-state index contributed by atoms with van der Waals surface area (Å²) in [5.74, 6) is 6.40. The molecule has 2 rings (SSSR count). The van der Waals surface area contributed by atoms with Crippen LogP contribution in [-0.2, 0) is 6.61 Å². The maximum absolute atomic E-state index is 8.70. The molecule has 0 aliphatic carbocycles. The van der Waals surface area contributed by atoms with Crippen LogP contribution in [0, 0.1) is 25.7 Å². The van der Waals surface area contributed by atoms with E-state index in [1.165, 1.54) is 5.56 Å². The third kappa shape index (κ3) is 3.88. The standard InChI is InChI=1S/C18H18O2/c1-14-5-7-16(8-6-14)13-20-18-10-9-17(4-3-11-19)15(2)12-18/h5-10,12,19H,11,13H2,1-2H3. The highest BCUT2D eigenvalue weighted by molar-refractivity contribution is 5.44. The van der Waals surface area contributed by atoms with Crippen LogP contribution < -0.4 is 4.74 Å². The monoisotopic (exact) mass is 266 g/mol. The Balaban J connectivity index is 2.03. The predicted octanol–water partition coefficient (Wildman–Crippen LogP) is 3.23. The van der Waals surface area contributed by atoms with Gasteiger partial charge < -0.3 is 9.84 Å². The Morgan fingerprint density at radius 3 is 2.45 bits per heavy atom. The molecule has 0 aliphatic rings. The molecule has 0 bridgehead atoms. The van der Waals surface area contributed by atoms with Crippen LogP contribution in [0.3, 0.4) is 0 Å². The highest BCUT2D eigenvalue weighted by Crippen LogP contribution is 2.18. The Kier molecular flexibility index (Phi) is 4.81. The fraction of sp³-hybridized carbons (Fsp3) is 0.222. The quantitative estimate of drug-likeness (QED) is 0.864. The van der Waals surface area contributed by atoms with E-state index in [0.717, 1.165) is 22.4 Å². The van der Waals surface area contributed by atoms with E-state index in [1.807, 2.05) is 25.1 Å². The van der Waals surface area contributed by atoms with E-state index in [9.17, 15) is 0 Å². The molecule has 0 aliphatic heterocycles. The van der Waals surface area contributed by atoms with E-state index in [0.29, 0.717) is 6.61 Å².